The maximum atomic E-state index is 13.6. The van der Waals surface area contributed by atoms with Gasteiger partial charge in [-0.15, -0.1) is 0 Å². The molecule has 0 amide bonds. The van der Waals surface area contributed by atoms with Crippen LogP contribution >= 0.6 is 0 Å². The number of halogens is 1. The Morgan fingerprint density at radius 3 is 2.79 bits per heavy atom. The summed E-state index contributed by atoms with van der Waals surface area (Å²) in [7, 11) is 0. The van der Waals surface area contributed by atoms with Crippen molar-refractivity contribution in [2.24, 2.45) is 0 Å². The van der Waals surface area contributed by atoms with Gasteiger partial charge in [-0.25, -0.2) is 9.37 Å². The normalized spacial score (nSPS) is 14.4. The van der Waals surface area contributed by atoms with Crippen LogP contribution in [-0.2, 0) is 18.6 Å². The minimum absolute atomic E-state index is 0.295. The molecule has 1 heterocycles. The number of rotatable bonds is 4. The lowest BCUT2D eigenvalue weighted by atomic mass is 9.91. The molecular weight excluding hydrogens is 245 g/mol. The van der Waals surface area contributed by atoms with Crippen LogP contribution in [-0.4, -0.2) is 19.9 Å². The molecule has 1 aromatic heterocycles. The van der Waals surface area contributed by atoms with Crippen molar-refractivity contribution in [3.63, 3.8) is 0 Å². The highest BCUT2D eigenvalue weighted by Gasteiger charge is 2.26. The second kappa shape index (κ2) is 5.09. The number of aromatic nitrogens is 3. The van der Waals surface area contributed by atoms with Crippen LogP contribution in [0.25, 0.3) is 0 Å². The van der Waals surface area contributed by atoms with Crippen molar-refractivity contribution in [1.29, 1.82) is 0 Å². The van der Waals surface area contributed by atoms with E-state index < -0.39 is 5.60 Å². The van der Waals surface area contributed by atoms with Crippen molar-refractivity contribution in [3.8, 4) is 0 Å². The summed E-state index contributed by atoms with van der Waals surface area (Å²) in [5.74, 6) is 0.378. The summed E-state index contributed by atoms with van der Waals surface area (Å²) in [6, 6.07) is 4.79. The molecule has 0 saturated carbocycles. The van der Waals surface area contributed by atoms with Crippen LogP contribution in [0.1, 0.15) is 30.8 Å². The average Bonchev–Trinajstić information content (AvgIpc) is 2.79. The van der Waals surface area contributed by atoms with Crippen molar-refractivity contribution < 1.29 is 9.50 Å². The molecule has 0 aliphatic rings. The molecule has 2 rings (SSSR count). The quantitative estimate of drug-likeness (QED) is 0.920. The zero-order valence-electron chi connectivity index (χ0n) is 11.4. The first-order chi connectivity index (χ1) is 8.94. The summed E-state index contributed by atoms with van der Waals surface area (Å²) in [6.45, 7) is 6.00. The van der Waals surface area contributed by atoms with Crippen molar-refractivity contribution in [2.75, 3.05) is 0 Å². The molecule has 102 valence electrons. The van der Waals surface area contributed by atoms with Gasteiger partial charge in [0.05, 0.1) is 5.60 Å². The van der Waals surface area contributed by atoms with Gasteiger partial charge < -0.3 is 5.11 Å². The van der Waals surface area contributed by atoms with E-state index in [1.165, 1.54) is 12.4 Å². The smallest absolute Gasteiger partial charge is 0.138 e. The van der Waals surface area contributed by atoms with Gasteiger partial charge >= 0.3 is 0 Å². The first-order valence-electron chi connectivity index (χ1n) is 6.29. The topological polar surface area (TPSA) is 50.9 Å². The first kappa shape index (κ1) is 13.7. The average molecular weight is 263 g/mol. The highest BCUT2D eigenvalue weighted by Crippen LogP contribution is 2.26. The van der Waals surface area contributed by atoms with Gasteiger partial charge in [-0.2, -0.15) is 5.10 Å². The molecule has 2 aromatic rings. The fourth-order valence-corrected chi connectivity index (χ4v) is 2.03. The number of nitrogens with zero attached hydrogens (tertiary/aromatic N) is 3. The Kier molecular flexibility index (Phi) is 3.66. The van der Waals surface area contributed by atoms with Gasteiger partial charge in [0.2, 0.25) is 0 Å². The van der Waals surface area contributed by atoms with Crippen LogP contribution in [0.15, 0.2) is 24.5 Å². The van der Waals surface area contributed by atoms with E-state index in [-0.39, 0.29) is 5.82 Å². The van der Waals surface area contributed by atoms with Gasteiger partial charge in [0.1, 0.15) is 18.0 Å². The summed E-state index contributed by atoms with van der Waals surface area (Å²) in [6.07, 6.45) is 1.76. The van der Waals surface area contributed by atoms with Crippen molar-refractivity contribution >= 4 is 0 Å². The van der Waals surface area contributed by atoms with Crippen LogP contribution < -0.4 is 0 Å². The molecule has 1 aromatic carbocycles. The number of hydrogen-bond donors (Lipinski definition) is 1. The Morgan fingerprint density at radius 1 is 1.42 bits per heavy atom. The number of aryl methyl sites for hydroxylation is 2. The van der Waals surface area contributed by atoms with E-state index in [1.54, 1.807) is 30.7 Å². The van der Waals surface area contributed by atoms with E-state index in [2.05, 4.69) is 10.1 Å². The fraction of sp³-hybridized carbons (Fsp3) is 0.429. The largest absolute Gasteiger partial charge is 0.385 e. The first-order valence-corrected chi connectivity index (χ1v) is 6.29. The Hall–Kier alpha value is -1.75. The highest BCUT2D eigenvalue weighted by atomic mass is 19.1. The number of hydrogen-bond acceptors (Lipinski definition) is 3. The predicted octanol–water partition coefficient (Wildman–Crippen LogP) is 2.20. The van der Waals surface area contributed by atoms with E-state index in [0.717, 1.165) is 0 Å². The summed E-state index contributed by atoms with van der Waals surface area (Å²) < 4.78 is 15.3. The summed E-state index contributed by atoms with van der Waals surface area (Å²) in [4.78, 5) is 4.14. The molecule has 0 bridgehead atoms. The zero-order valence-corrected chi connectivity index (χ0v) is 11.4. The minimum Gasteiger partial charge on any atom is -0.385 e. The Balaban J connectivity index is 2.29. The van der Waals surface area contributed by atoms with E-state index in [9.17, 15) is 9.50 Å². The third-order valence-corrected chi connectivity index (χ3v) is 3.29. The molecule has 0 aliphatic heterocycles. The lowest BCUT2D eigenvalue weighted by molar-refractivity contribution is 0.0539. The van der Waals surface area contributed by atoms with Crippen molar-refractivity contribution in [1.82, 2.24) is 14.8 Å². The second-order valence-corrected chi connectivity index (χ2v) is 4.91. The Morgan fingerprint density at radius 2 is 2.16 bits per heavy atom. The van der Waals surface area contributed by atoms with E-state index in [1.807, 2.05) is 6.92 Å². The molecule has 1 N–H and O–H groups in total. The minimum atomic E-state index is -1.17. The fourth-order valence-electron chi connectivity index (χ4n) is 2.03. The molecule has 0 spiro atoms. The molecular formula is C14H18FN3O. The summed E-state index contributed by atoms with van der Waals surface area (Å²) >= 11 is 0. The van der Waals surface area contributed by atoms with Gasteiger partial charge in [0, 0.05) is 13.0 Å². The zero-order chi connectivity index (χ0) is 14.0. The lowest BCUT2D eigenvalue weighted by Crippen LogP contribution is -2.26. The molecule has 0 fully saturated rings. The second-order valence-electron chi connectivity index (χ2n) is 4.91. The van der Waals surface area contributed by atoms with E-state index in [0.29, 0.717) is 29.9 Å². The van der Waals surface area contributed by atoms with Gasteiger partial charge in [-0.05, 0) is 38.0 Å². The van der Waals surface area contributed by atoms with Crippen molar-refractivity contribution in [3.05, 3.63) is 47.3 Å². The van der Waals surface area contributed by atoms with Crippen LogP contribution in [0.2, 0.25) is 0 Å². The molecule has 0 saturated heterocycles. The van der Waals surface area contributed by atoms with Crippen LogP contribution in [0, 0.1) is 12.7 Å². The highest BCUT2D eigenvalue weighted by molar-refractivity contribution is 5.28. The Bertz CT molecular complexity index is 578. The molecule has 1 atom stereocenters. The van der Waals surface area contributed by atoms with Gasteiger partial charge in [0.15, 0.2) is 0 Å². The maximum Gasteiger partial charge on any atom is 0.138 e. The molecule has 0 aliphatic carbocycles. The third-order valence-electron chi connectivity index (χ3n) is 3.29. The SMILES string of the molecule is CCn1ncnc1CC(C)(O)c1ccc(C)c(F)c1. The maximum absolute atomic E-state index is 13.6. The molecule has 4 nitrogen and oxygen atoms in total. The van der Waals surface area contributed by atoms with Crippen LogP contribution in [0.5, 0.6) is 0 Å². The van der Waals surface area contributed by atoms with Crippen LogP contribution in [0.4, 0.5) is 4.39 Å². The molecule has 5 heteroatoms. The van der Waals surface area contributed by atoms with Gasteiger partial charge in [-0.3, -0.25) is 4.68 Å². The standard InChI is InChI=1S/C14H18FN3O/c1-4-18-13(16-9-17-18)8-14(3,19)11-6-5-10(2)12(15)7-11/h5-7,9,19H,4,8H2,1-3H3. The van der Waals surface area contributed by atoms with E-state index in [4.69, 9.17) is 0 Å². The molecule has 19 heavy (non-hydrogen) atoms. The molecule has 0 radical (unpaired) electrons. The monoisotopic (exact) mass is 263 g/mol. The van der Waals surface area contributed by atoms with Gasteiger partial charge in [-0.1, -0.05) is 12.1 Å². The number of aliphatic hydroxyl groups is 1. The van der Waals surface area contributed by atoms with Crippen molar-refractivity contribution in [2.45, 2.75) is 39.3 Å². The van der Waals surface area contributed by atoms with Gasteiger partial charge in [0.25, 0.3) is 0 Å². The Labute approximate surface area is 111 Å². The predicted molar refractivity (Wildman–Crippen MR) is 70.1 cm³/mol. The summed E-state index contributed by atoms with van der Waals surface area (Å²) in [5.41, 5.74) is -0.0633. The van der Waals surface area contributed by atoms with Crippen LogP contribution in [0.3, 0.4) is 0 Å². The molecule has 1 unspecified atom stereocenters. The van der Waals surface area contributed by atoms with E-state index >= 15 is 0 Å². The lowest BCUT2D eigenvalue weighted by Gasteiger charge is -2.23. The third kappa shape index (κ3) is 2.81. The number of benzene rings is 1. The summed E-state index contributed by atoms with van der Waals surface area (Å²) in [5, 5.41) is 14.6.